The summed E-state index contributed by atoms with van der Waals surface area (Å²) in [5.41, 5.74) is 3.22. The molecule has 3 aromatic carbocycles. The Bertz CT molecular complexity index is 1430. The first-order chi connectivity index (χ1) is 18.6. The van der Waals surface area contributed by atoms with Gasteiger partial charge in [-0.3, -0.25) is 14.5 Å². The zero-order valence-electron chi connectivity index (χ0n) is 22.8. The summed E-state index contributed by atoms with van der Waals surface area (Å²) in [6.07, 6.45) is 2.30. The van der Waals surface area contributed by atoms with Crippen molar-refractivity contribution in [3.8, 4) is 11.5 Å². The predicted molar refractivity (Wildman–Crippen MR) is 152 cm³/mol. The number of rotatable bonds is 5. The number of amides is 1. The van der Waals surface area contributed by atoms with E-state index in [1.165, 1.54) is 17.0 Å². The number of ketones is 1. The summed E-state index contributed by atoms with van der Waals surface area (Å²) in [5, 5.41) is 21.5. The number of hydrogen-bond donors (Lipinski definition) is 2. The second-order valence-electron chi connectivity index (χ2n) is 11.1. The number of ether oxygens (including phenoxy) is 1. The molecule has 0 aliphatic carbocycles. The predicted octanol–water partition coefficient (Wildman–Crippen LogP) is 5.92. The van der Waals surface area contributed by atoms with Gasteiger partial charge in [-0.25, -0.2) is 0 Å². The third-order valence-electron chi connectivity index (χ3n) is 7.53. The summed E-state index contributed by atoms with van der Waals surface area (Å²) in [7, 11) is 1.59. The smallest absolute Gasteiger partial charge is 0.300 e. The molecule has 0 aromatic heterocycles. The number of methoxy groups -OCH3 is 1. The molecule has 0 spiro atoms. The molecule has 2 heterocycles. The molecule has 202 valence electrons. The molecule has 2 N–H and O–H groups in total. The summed E-state index contributed by atoms with van der Waals surface area (Å²) in [4.78, 5) is 30.8. The van der Waals surface area contributed by atoms with Gasteiger partial charge in [0, 0.05) is 35.6 Å². The van der Waals surface area contributed by atoms with Crippen LogP contribution in [0, 0.1) is 0 Å². The van der Waals surface area contributed by atoms with Crippen molar-refractivity contribution in [1.29, 1.82) is 0 Å². The lowest BCUT2D eigenvalue weighted by molar-refractivity contribution is -0.132. The van der Waals surface area contributed by atoms with Crippen LogP contribution in [0.5, 0.6) is 11.5 Å². The molecule has 0 radical (unpaired) electrons. The second-order valence-corrected chi connectivity index (χ2v) is 11.1. The van der Waals surface area contributed by atoms with Crippen LogP contribution in [-0.4, -0.2) is 42.1 Å². The number of aliphatic hydroxyl groups excluding tert-OH is 1. The Balaban J connectivity index is 1.65. The highest BCUT2D eigenvalue weighted by atomic mass is 16.5. The van der Waals surface area contributed by atoms with Crippen LogP contribution in [0.15, 0.2) is 72.3 Å². The normalized spacial score (nSPS) is 19.1. The Morgan fingerprint density at radius 1 is 0.897 bits per heavy atom. The van der Waals surface area contributed by atoms with Crippen LogP contribution in [0.3, 0.4) is 0 Å². The number of nitrogens with zero attached hydrogens (tertiary/aromatic N) is 2. The summed E-state index contributed by atoms with van der Waals surface area (Å²) >= 11 is 0. The maximum absolute atomic E-state index is 13.5. The minimum atomic E-state index is -0.872. The van der Waals surface area contributed by atoms with Gasteiger partial charge in [-0.05, 0) is 78.4 Å². The molecule has 0 saturated carbocycles. The zero-order chi connectivity index (χ0) is 27.9. The first-order valence-electron chi connectivity index (χ1n) is 13.2. The summed E-state index contributed by atoms with van der Waals surface area (Å²) in [5.74, 6) is -0.991. The Kier molecular flexibility index (Phi) is 6.85. The van der Waals surface area contributed by atoms with Crippen LogP contribution < -0.4 is 14.5 Å². The molecule has 2 fully saturated rings. The van der Waals surface area contributed by atoms with Gasteiger partial charge < -0.3 is 19.8 Å². The number of anilines is 2. The van der Waals surface area contributed by atoms with Crippen LogP contribution in [0.2, 0.25) is 0 Å². The molecular formula is C32H34N2O5. The molecule has 5 rings (SSSR count). The Hall–Kier alpha value is -4.26. The highest BCUT2D eigenvalue weighted by molar-refractivity contribution is 6.51. The van der Waals surface area contributed by atoms with E-state index < -0.39 is 17.7 Å². The maximum Gasteiger partial charge on any atom is 0.300 e. The third-order valence-corrected chi connectivity index (χ3v) is 7.53. The summed E-state index contributed by atoms with van der Waals surface area (Å²) < 4.78 is 5.54. The summed E-state index contributed by atoms with van der Waals surface area (Å²) in [6.45, 7) is 8.10. The van der Waals surface area contributed by atoms with E-state index in [-0.39, 0.29) is 22.5 Å². The van der Waals surface area contributed by atoms with Gasteiger partial charge >= 0.3 is 0 Å². The van der Waals surface area contributed by atoms with E-state index in [2.05, 4.69) is 4.90 Å². The number of carbonyl (C=O) groups is 2. The maximum atomic E-state index is 13.5. The van der Waals surface area contributed by atoms with Gasteiger partial charge in [0.25, 0.3) is 11.7 Å². The number of phenols is 1. The van der Waals surface area contributed by atoms with Crippen molar-refractivity contribution in [2.75, 3.05) is 30.0 Å². The van der Waals surface area contributed by atoms with Crippen LogP contribution in [-0.2, 0) is 15.0 Å². The van der Waals surface area contributed by atoms with Crippen molar-refractivity contribution in [2.45, 2.75) is 45.1 Å². The lowest BCUT2D eigenvalue weighted by Crippen LogP contribution is -2.29. The van der Waals surface area contributed by atoms with E-state index in [0.717, 1.165) is 37.2 Å². The number of phenolic OH excluding ortho intramolecular Hbond substituents is 1. The van der Waals surface area contributed by atoms with Gasteiger partial charge in [-0.2, -0.15) is 0 Å². The Morgan fingerprint density at radius 3 is 2.10 bits per heavy atom. The van der Waals surface area contributed by atoms with Crippen molar-refractivity contribution in [3.63, 3.8) is 0 Å². The minimum Gasteiger partial charge on any atom is -0.508 e. The summed E-state index contributed by atoms with van der Waals surface area (Å²) in [6, 6.07) is 18.4. The highest BCUT2D eigenvalue weighted by Crippen LogP contribution is 2.43. The first-order valence-corrected chi connectivity index (χ1v) is 13.2. The number of Topliss-reactive ketones (excluding diaryl/α,β-unsaturated/α-hetero) is 1. The van der Waals surface area contributed by atoms with E-state index in [1.807, 2.05) is 45.0 Å². The number of aromatic hydroxyl groups is 1. The van der Waals surface area contributed by atoms with Crippen LogP contribution >= 0.6 is 0 Å². The Labute approximate surface area is 228 Å². The molecule has 1 atom stereocenters. The quantitative estimate of drug-likeness (QED) is 0.244. The van der Waals surface area contributed by atoms with Gasteiger partial charge in [-0.15, -0.1) is 0 Å². The fourth-order valence-corrected chi connectivity index (χ4v) is 5.47. The zero-order valence-corrected chi connectivity index (χ0v) is 22.8. The SMILES string of the molecule is COc1ccc(/C(O)=C2/C(=O)C(=O)N(c3ccc(N4CCCC4)cc3)C2c2ccc(O)cc2)cc1C(C)(C)C. The molecule has 0 bridgehead atoms. The van der Waals surface area contributed by atoms with Crippen LogP contribution in [0.4, 0.5) is 11.4 Å². The lowest BCUT2D eigenvalue weighted by Gasteiger charge is -2.27. The molecule has 7 heteroatoms. The molecule has 1 unspecified atom stereocenters. The molecule has 1 amide bonds. The number of benzene rings is 3. The Morgan fingerprint density at radius 2 is 1.51 bits per heavy atom. The average Bonchev–Trinajstić information content (AvgIpc) is 3.55. The molecule has 7 nitrogen and oxygen atoms in total. The number of aliphatic hydroxyl groups is 1. The fraction of sp³-hybridized carbons (Fsp3) is 0.312. The van der Waals surface area contributed by atoms with E-state index in [9.17, 15) is 19.8 Å². The molecule has 2 aliphatic heterocycles. The van der Waals surface area contributed by atoms with Crippen LogP contribution in [0.25, 0.3) is 5.76 Å². The second kappa shape index (κ2) is 10.1. The van der Waals surface area contributed by atoms with Gasteiger partial charge in [0.1, 0.15) is 17.3 Å². The first kappa shape index (κ1) is 26.4. The van der Waals surface area contributed by atoms with Crippen molar-refractivity contribution in [2.24, 2.45) is 0 Å². The van der Waals surface area contributed by atoms with Gasteiger partial charge in [0.15, 0.2) is 0 Å². The van der Waals surface area contributed by atoms with Gasteiger partial charge in [0.2, 0.25) is 0 Å². The van der Waals surface area contributed by atoms with Gasteiger partial charge in [0.05, 0.1) is 18.7 Å². The lowest BCUT2D eigenvalue weighted by atomic mass is 9.84. The van der Waals surface area contributed by atoms with Crippen molar-refractivity contribution >= 4 is 28.8 Å². The standard InChI is InChI=1S/C32H34N2O5/c1-32(2,3)25-19-21(9-16-26(25)39-4)29(36)27-28(20-7-14-24(35)15-8-20)34(31(38)30(27)37)23-12-10-22(11-13-23)33-17-5-6-18-33/h7-16,19,28,35-36H,5-6,17-18H2,1-4H3/b29-27-. The van der Waals surface area contributed by atoms with Crippen molar-refractivity contribution in [1.82, 2.24) is 0 Å². The highest BCUT2D eigenvalue weighted by Gasteiger charge is 2.47. The number of carbonyl (C=O) groups excluding carboxylic acids is 2. The van der Waals surface area contributed by atoms with Crippen molar-refractivity contribution < 1.29 is 24.5 Å². The van der Waals surface area contributed by atoms with Crippen molar-refractivity contribution in [3.05, 3.63) is 89.0 Å². The average molecular weight is 527 g/mol. The van der Waals surface area contributed by atoms with E-state index in [4.69, 9.17) is 4.74 Å². The van der Waals surface area contributed by atoms with Gasteiger partial charge in [-0.1, -0.05) is 32.9 Å². The molecule has 39 heavy (non-hydrogen) atoms. The number of hydrogen-bond acceptors (Lipinski definition) is 6. The van der Waals surface area contributed by atoms with E-state index in [1.54, 1.807) is 37.4 Å². The fourth-order valence-electron chi connectivity index (χ4n) is 5.47. The van der Waals surface area contributed by atoms with E-state index in [0.29, 0.717) is 22.6 Å². The topological polar surface area (TPSA) is 90.3 Å². The molecule has 2 aliphatic rings. The third kappa shape index (κ3) is 4.85. The monoisotopic (exact) mass is 526 g/mol. The minimum absolute atomic E-state index is 0.000615. The molecule has 2 saturated heterocycles. The van der Waals surface area contributed by atoms with E-state index >= 15 is 0 Å². The molecular weight excluding hydrogens is 492 g/mol. The van der Waals surface area contributed by atoms with Crippen LogP contribution in [0.1, 0.15) is 56.3 Å². The molecule has 3 aromatic rings. The largest absolute Gasteiger partial charge is 0.508 e.